The van der Waals surface area contributed by atoms with E-state index in [1.165, 1.54) is 31.4 Å². The van der Waals surface area contributed by atoms with Crippen LogP contribution < -0.4 is 9.04 Å². The molecule has 116 valence electrons. The largest absolute Gasteiger partial charge is 0.495 e. The van der Waals surface area contributed by atoms with Crippen LogP contribution in [0.5, 0.6) is 5.75 Å². The maximum Gasteiger partial charge on any atom is 0.335 e. The molecule has 0 aliphatic heterocycles. The van der Waals surface area contributed by atoms with Crippen LogP contribution in [0.15, 0.2) is 48.5 Å². The van der Waals surface area contributed by atoms with E-state index in [2.05, 4.69) is 0 Å². The van der Waals surface area contributed by atoms with Gasteiger partial charge in [-0.15, -0.1) is 0 Å². The van der Waals surface area contributed by atoms with Crippen molar-refractivity contribution in [3.8, 4) is 5.75 Å². The van der Waals surface area contributed by atoms with Gasteiger partial charge < -0.3 is 9.84 Å². The molecule has 2 rings (SSSR count). The highest BCUT2D eigenvalue weighted by atomic mass is 32.2. The van der Waals surface area contributed by atoms with Crippen molar-refractivity contribution in [2.24, 2.45) is 0 Å². The smallest absolute Gasteiger partial charge is 0.335 e. The van der Waals surface area contributed by atoms with Crippen LogP contribution in [-0.4, -0.2) is 32.9 Å². The number of ether oxygens (including phenoxy) is 1. The highest BCUT2D eigenvalue weighted by Crippen LogP contribution is 2.35. The van der Waals surface area contributed by atoms with E-state index in [0.29, 0.717) is 11.4 Å². The second-order valence-electron chi connectivity index (χ2n) is 4.55. The van der Waals surface area contributed by atoms with Gasteiger partial charge in [0.2, 0.25) is 10.0 Å². The lowest BCUT2D eigenvalue weighted by atomic mass is 10.2. The number of sulfonamides is 1. The van der Waals surface area contributed by atoms with Gasteiger partial charge in [-0.2, -0.15) is 0 Å². The van der Waals surface area contributed by atoms with Gasteiger partial charge in [0.05, 0.1) is 30.3 Å². The summed E-state index contributed by atoms with van der Waals surface area (Å²) in [5, 5.41) is 9.07. The number of methoxy groups -OCH3 is 1. The van der Waals surface area contributed by atoms with E-state index < -0.39 is 16.0 Å². The number of anilines is 2. The third-order valence-electron chi connectivity index (χ3n) is 2.96. The first-order valence-corrected chi connectivity index (χ1v) is 8.16. The number of hydrogen-bond acceptors (Lipinski definition) is 4. The zero-order chi connectivity index (χ0) is 16.3. The molecule has 22 heavy (non-hydrogen) atoms. The van der Waals surface area contributed by atoms with Crippen LogP contribution in [0.25, 0.3) is 0 Å². The predicted molar refractivity (Wildman–Crippen MR) is 83.4 cm³/mol. The summed E-state index contributed by atoms with van der Waals surface area (Å²) < 4.78 is 30.7. The normalized spacial score (nSPS) is 11.0. The molecular weight excluding hydrogens is 306 g/mol. The topological polar surface area (TPSA) is 83.9 Å². The number of carbonyl (C=O) groups is 1. The number of hydrogen-bond donors (Lipinski definition) is 1. The molecule has 0 atom stereocenters. The van der Waals surface area contributed by atoms with E-state index >= 15 is 0 Å². The number of aromatic carboxylic acids is 1. The van der Waals surface area contributed by atoms with E-state index in [4.69, 9.17) is 9.84 Å². The third-order valence-corrected chi connectivity index (χ3v) is 4.03. The van der Waals surface area contributed by atoms with Gasteiger partial charge in [-0.1, -0.05) is 18.2 Å². The fraction of sp³-hybridized carbons (Fsp3) is 0.133. The highest BCUT2D eigenvalue weighted by Gasteiger charge is 2.23. The minimum absolute atomic E-state index is 0.000970. The number of nitrogens with zero attached hydrogens (tertiary/aromatic N) is 1. The van der Waals surface area contributed by atoms with Crippen molar-refractivity contribution in [1.29, 1.82) is 0 Å². The van der Waals surface area contributed by atoms with Crippen LogP contribution in [-0.2, 0) is 10.0 Å². The summed E-state index contributed by atoms with van der Waals surface area (Å²) in [7, 11) is -2.25. The molecule has 0 unspecified atom stereocenters. The molecule has 2 aromatic carbocycles. The fourth-order valence-corrected chi connectivity index (χ4v) is 3.08. The van der Waals surface area contributed by atoms with Crippen LogP contribution in [0.4, 0.5) is 11.4 Å². The Balaban J connectivity index is 2.67. The summed E-state index contributed by atoms with van der Waals surface area (Å²) in [5.41, 5.74) is 0.544. The van der Waals surface area contributed by atoms with Gasteiger partial charge in [0.15, 0.2) is 0 Å². The molecule has 6 nitrogen and oxygen atoms in total. The first-order chi connectivity index (χ1) is 10.3. The second kappa shape index (κ2) is 6.07. The maximum absolute atomic E-state index is 12.2. The molecule has 0 radical (unpaired) electrons. The maximum atomic E-state index is 12.2. The standard InChI is InChI=1S/C15H15NO5S/c1-21-14-9-4-3-8-13(14)16(22(2,19)20)12-7-5-6-11(10-12)15(17)18/h3-10H,1-2H3,(H,17,18). The van der Waals surface area contributed by atoms with E-state index in [-0.39, 0.29) is 11.3 Å². The SMILES string of the molecule is COc1ccccc1N(c1cccc(C(=O)O)c1)S(C)(=O)=O. The summed E-state index contributed by atoms with van der Waals surface area (Å²) in [6.45, 7) is 0. The van der Waals surface area contributed by atoms with Crippen molar-refractivity contribution in [2.45, 2.75) is 0 Å². The second-order valence-corrected chi connectivity index (χ2v) is 6.39. The Morgan fingerprint density at radius 3 is 2.41 bits per heavy atom. The Bertz CT molecular complexity index is 801. The Kier molecular flexibility index (Phi) is 4.37. The van der Waals surface area contributed by atoms with E-state index in [1.807, 2.05) is 0 Å². The van der Waals surface area contributed by atoms with E-state index in [9.17, 15) is 13.2 Å². The molecular formula is C15H15NO5S. The van der Waals surface area contributed by atoms with Gasteiger partial charge in [0.25, 0.3) is 0 Å². The van der Waals surface area contributed by atoms with Crippen molar-refractivity contribution in [3.05, 3.63) is 54.1 Å². The lowest BCUT2D eigenvalue weighted by Gasteiger charge is -2.24. The summed E-state index contributed by atoms with van der Waals surface area (Å²) in [5.74, 6) is -0.760. The van der Waals surface area contributed by atoms with Gasteiger partial charge in [0.1, 0.15) is 5.75 Å². The fourth-order valence-electron chi connectivity index (χ4n) is 2.07. The minimum atomic E-state index is -3.69. The summed E-state index contributed by atoms with van der Waals surface area (Å²) in [6.07, 6.45) is 1.05. The van der Waals surface area contributed by atoms with Crippen LogP contribution in [0.3, 0.4) is 0 Å². The van der Waals surface area contributed by atoms with Crippen LogP contribution in [0.2, 0.25) is 0 Å². The van der Waals surface area contributed by atoms with Crippen molar-refractivity contribution in [3.63, 3.8) is 0 Å². The molecule has 0 spiro atoms. The zero-order valence-electron chi connectivity index (χ0n) is 12.1. The van der Waals surface area contributed by atoms with Crippen molar-refractivity contribution in [2.75, 3.05) is 17.7 Å². The van der Waals surface area contributed by atoms with Gasteiger partial charge in [-0.25, -0.2) is 17.5 Å². The molecule has 0 amide bonds. The molecule has 0 fully saturated rings. The first-order valence-electron chi connectivity index (χ1n) is 6.31. The van der Waals surface area contributed by atoms with Crippen LogP contribution >= 0.6 is 0 Å². The van der Waals surface area contributed by atoms with Crippen LogP contribution in [0, 0.1) is 0 Å². The highest BCUT2D eigenvalue weighted by molar-refractivity contribution is 7.92. The number of rotatable bonds is 5. The Hall–Kier alpha value is -2.54. The average Bonchev–Trinajstić information content (AvgIpc) is 2.47. The van der Waals surface area contributed by atoms with Crippen molar-refractivity contribution >= 4 is 27.4 Å². The minimum Gasteiger partial charge on any atom is -0.495 e. The molecule has 0 aliphatic carbocycles. The van der Waals surface area contributed by atoms with Crippen molar-refractivity contribution in [1.82, 2.24) is 0 Å². The molecule has 0 aromatic heterocycles. The number of para-hydroxylation sites is 2. The summed E-state index contributed by atoms with van der Waals surface area (Å²) in [4.78, 5) is 11.1. The van der Waals surface area contributed by atoms with E-state index in [1.54, 1.807) is 24.3 Å². The quantitative estimate of drug-likeness (QED) is 0.914. The molecule has 0 saturated heterocycles. The number of carboxylic acid groups (broad SMARTS) is 1. The van der Waals surface area contributed by atoms with Crippen molar-refractivity contribution < 1.29 is 23.1 Å². The monoisotopic (exact) mass is 321 g/mol. The number of benzene rings is 2. The predicted octanol–water partition coefficient (Wildman–Crippen LogP) is 2.49. The molecule has 0 bridgehead atoms. The molecule has 2 aromatic rings. The Morgan fingerprint density at radius 2 is 1.82 bits per heavy atom. The Labute approximate surface area is 128 Å². The first kappa shape index (κ1) is 15.8. The van der Waals surface area contributed by atoms with Gasteiger partial charge in [0, 0.05) is 0 Å². The molecule has 0 aliphatic rings. The van der Waals surface area contributed by atoms with Gasteiger partial charge in [-0.05, 0) is 30.3 Å². The molecule has 7 heteroatoms. The zero-order valence-corrected chi connectivity index (χ0v) is 12.9. The molecule has 0 heterocycles. The van der Waals surface area contributed by atoms with Gasteiger partial charge in [-0.3, -0.25) is 0 Å². The summed E-state index contributed by atoms with van der Waals surface area (Å²) >= 11 is 0. The lowest BCUT2D eigenvalue weighted by Crippen LogP contribution is -2.25. The average molecular weight is 321 g/mol. The molecule has 1 N–H and O–H groups in total. The number of carboxylic acids is 1. The third kappa shape index (κ3) is 3.20. The Morgan fingerprint density at radius 1 is 1.14 bits per heavy atom. The lowest BCUT2D eigenvalue weighted by molar-refractivity contribution is 0.0697. The van der Waals surface area contributed by atoms with Gasteiger partial charge >= 0.3 is 5.97 Å². The molecule has 0 saturated carbocycles. The van der Waals surface area contributed by atoms with Crippen LogP contribution in [0.1, 0.15) is 10.4 Å². The summed E-state index contributed by atoms with van der Waals surface area (Å²) in [6, 6.07) is 12.3. The van der Waals surface area contributed by atoms with E-state index in [0.717, 1.165) is 10.6 Å².